The Kier molecular flexibility index (Phi) is 5.73. The number of likely N-dealkylation sites (N-methyl/N-ethyl adjacent to an activating group) is 2. The van der Waals surface area contributed by atoms with Gasteiger partial charge in [-0.2, -0.15) is 17.0 Å². The molecule has 0 fully saturated rings. The molecule has 0 saturated carbocycles. The molecule has 0 unspecified atom stereocenters. The number of rotatable bonds is 7. The van der Waals surface area contributed by atoms with Gasteiger partial charge in [-0.05, 0) is 0 Å². The summed E-state index contributed by atoms with van der Waals surface area (Å²) in [5.74, 6) is -1.19. The highest BCUT2D eigenvalue weighted by molar-refractivity contribution is 7.86. The monoisotopic (exact) mass is 240 g/mol. The minimum absolute atomic E-state index is 0.183. The van der Waals surface area contributed by atoms with Crippen LogP contribution in [0.4, 0.5) is 0 Å². The minimum Gasteiger partial charge on any atom is -0.480 e. The molecule has 8 heteroatoms. The second kappa shape index (κ2) is 6.01. The molecule has 0 spiro atoms. The molecule has 15 heavy (non-hydrogen) atoms. The van der Waals surface area contributed by atoms with Gasteiger partial charge in [-0.25, -0.2) is 0 Å². The molecule has 0 aliphatic carbocycles. The highest BCUT2D eigenvalue weighted by Crippen LogP contribution is 2.02. The zero-order chi connectivity index (χ0) is 12.1. The lowest BCUT2D eigenvalue weighted by atomic mass is 10.7. The molecule has 0 radical (unpaired) electrons. The van der Waals surface area contributed by atoms with E-state index in [0.717, 1.165) is 8.61 Å². The van der Waals surface area contributed by atoms with Crippen LogP contribution in [0.2, 0.25) is 0 Å². The van der Waals surface area contributed by atoms with Crippen LogP contribution in [0.15, 0.2) is 0 Å². The largest absolute Gasteiger partial charge is 0.480 e. The van der Waals surface area contributed by atoms with E-state index in [1.165, 1.54) is 21.2 Å². The van der Waals surface area contributed by atoms with Crippen molar-refractivity contribution in [3.05, 3.63) is 0 Å². The summed E-state index contributed by atoms with van der Waals surface area (Å²) < 4.78 is 29.7. The Labute approximate surface area is 89.4 Å². The van der Waals surface area contributed by atoms with Gasteiger partial charge in [0.25, 0.3) is 10.2 Å². The third-order valence-corrected chi connectivity index (χ3v) is 3.64. The van der Waals surface area contributed by atoms with Crippen molar-refractivity contribution in [2.24, 2.45) is 0 Å². The van der Waals surface area contributed by atoms with Crippen molar-refractivity contribution in [2.45, 2.75) is 0 Å². The first-order valence-electron chi connectivity index (χ1n) is 4.20. The van der Waals surface area contributed by atoms with E-state index in [0.29, 0.717) is 0 Å². The number of hydrogen-bond donors (Lipinski definition) is 1. The summed E-state index contributed by atoms with van der Waals surface area (Å²) in [6.45, 7) is -0.112. The fourth-order valence-corrected chi connectivity index (χ4v) is 1.90. The normalized spacial score (nSPS) is 12.3. The number of carbonyl (C=O) groups is 1. The maximum Gasteiger partial charge on any atom is 0.318 e. The molecule has 0 heterocycles. The third-order valence-electron chi connectivity index (χ3n) is 1.76. The van der Waals surface area contributed by atoms with Crippen molar-refractivity contribution < 1.29 is 23.1 Å². The number of ether oxygens (including phenoxy) is 1. The van der Waals surface area contributed by atoms with Crippen LogP contribution in [0.1, 0.15) is 0 Å². The van der Waals surface area contributed by atoms with Crippen molar-refractivity contribution in [2.75, 3.05) is 40.9 Å². The van der Waals surface area contributed by atoms with Crippen molar-refractivity contribution in [3.8, 4) is 0 Å². The molecule has 0 aliphatic rings. The van der Waals surface area contributed by atoms with Gasteiger partial charge in [-0.15, -0.1) is 0 Å². The van der Waals surface area contributed by atoms with Gasteiger partial charge in [0.05, 0.1) is 6.61 Å². The predicted octanol–water partition coefficient (Wildman–Crippen LogP) is -1.17. The van der Waals surface area contributed by atoms with Gasteiger partial charge >= 0.3 is 5.97 Å². The Morgan fingerprint density at radius 2 is 1.87 bits per heavy atom. The summed E-state index contributed by atoms with van der Waals surface area (Å²) >= 11 is 0. The van der Waals surface area contributed by atoms with Gasteiger partial charge in [0.2, 0.25) is 0 Å². The first kappa shape index (κ1) is 14.3. The maximum atomic E-state index is 11.6. The molecular weight excluding hydrogens is 224 g/mol. The number of nitrogens with zero attached hydrogens (tertiary/aromatic N) is 2. The van der Waals surface area contributed by atoms with Crippen LogP contribution in [0, 0.1) is 0 Å². The van der Waals surface area contributed by atoms with Crippen LogP contribution in [0.25, 0.3) is 0 Å². The fourth-order valence-electron chi connectivity index (χ4n) is 0.845. The quantitative estimate of drug-likeness (QED) is 0.605. The Morgan fingerprint density at radius 3 is 2.27 bits per heavy atom. The molecule has 0 aliphatic heterocycles. The van der Waals surface area contributed by atoms with E-state index < -0.39 is 22.7 Å². The van der Waals surface area contributed by atoms with E-state index in [-0.39, 0.29) is 13.2 Å². The molecule has 90 valence electrons. The van der Waals surface area contributed by atoms with Crippen LogP contribution < -0.4 is 0 Å². The summed E-state index contributed by atoms with van der Waals surface area (Å²) in [7, 11) is 0.342. The zero-order valence-corrected chi connectivity index (χ0v) is 9.82. The number of carboxylic acids is 1. The molecule has 7 nitrogen and oxygen atoms in total. The van der Waals surface area contributed by atoms with Gasteiger partial charge in [-0.1, -0.05) is 0 Å². The summed E-state index contributed by atoms with van der Waals surface area (Å²) in [6.07, 6.45) is 0. The number of methoxy groups -OCH3 is 1. The Balaban J connectivity index is 4.45. The van der Waals surface area contributed by atoms with E-state index >= 15 is 0 Å². The van der Waals surface area contributed by atoms with Gasteiger partial charge in [0.15, 0.2) is 0 Å². The lowest BCUT2D eigenvalue weighted by Crippen LogP contribution is -2.43. The summed E-state index contributed by atoms with van der Waals surface area (Å²) in [5, 5.41) is 8.46. The van der Waals surface area contributed by atoms with E-state index in [1.807, 2.05) is 0 Å². The maximum absolute atomic E-state index is 11.6. The first-order chi connectivity index (χ1) is 6.82. The predicted molar refractivity (Wildman–Crippen MR) is 53.7 cm³/mol. The SMILES string of the molecule is COCCN(C)S(=O)(=O)N(C)CC(=O)O. The van der Waals surface area contributed by atoms with Crippen molar-refractivity contribution in [1.82, 2.24) is 8.61 Å². The van der Waals surface area contributed by atoms with Crippen LogP contribution in [-0.2, 0) is 19.7 Å². The number of aliphatic carboxylic acids is 1. The van der Waals surface area contributed by atoms with E-state index in [2.05, 4.69) is 0 Å². The number of hydrogen-bond acceptors (Lipinski definition) is 4. The summed E-state index contributed by atoms with van der Waals surface area (Å²) in [6, 6.07) is 0. The van der Waals surface area contributed by atoms with Gasteiger partial charge < -0.3 is 9.84 Å². The molecule has 0 amide bonds. The number of carboxylic acid groups (broad SMARTS) is 1. The summed E-state index contributed by atoms with van der Waals surface area (Å²) in [4.78, 5) is 10.3. The Hall–Kier alpha value is -0.700. The molecule has 0 aromatic heterocycles. The second-order valence-corrected chi connectivity index (χ2v) is 5.11. The van der Waals surface area contributed by atoms with Crippen LogP contribution in [0.3, 0.4) is 0 Å². The van der Waals surface area contributed by atoms with E-state index in [9.17, 15) is 13.2 Å². The van der Waals surface area contributed by atoms with Crippen molar-refractivity contribution in [3.63, 3.8) is 0 Å². The molecule has 1 N–H and O–H groups in total. The molecule has 0 aromatic rings. The highest BCUT2D eigenvalue weighted by Gasteiger charge is 2.24. The highest BCUT2D eigenvalue weighted by atomic mass is 32.2. The van der Waals surface area contributed by atoms with Crippen LogP contribution in [0.5, 0.6) is 0 Å². The first-order valence-corrected chi connectivity index (χ1v) is 5.60. The lowest BCUT2D eigenvalue weighted by Gasteiger charge is -2.22. The van der Waals surface area contributed by atoms with Gasteiger partial charge in [0, 0.05) is 27.7 Å². The average molecular weight is 240 g/mol. The smallest absolute Gasteiger partial charge is 0.318 e. The second-order valence-electron chi connectivity index (χ2n) is 2.97. The van der Waals surface area contributed by atoms with Gasteiger partial charge in [0.1, 0.15) is 6.54 Å². The standard InChI is InChI=1S/C7H16N2O5S/c1-8(4-5-14-3)15(12,13)9(2)6-7(10)11/h4-6H2,1-3H3,(H,10,11). The lowest BCUT2D eigenvalue weighted by molar-refractivity contribution is -0.137. The molecular formula is C7H16N2O5S. The Bertz CT molecular complexity index is 303. The van der Waals surface area contributed by atoms with Crippen molar-refractivity contribution in [1.29, 1.82) is 0 Å². The summed E-state index contributed by atoms with van der Waals surface area (Å²) in [5.41, 5.74) is 0. The molecule has 0 saturated heterocycles. The molecule has 0 atom stereocenters. The van der Waals surface area contributed by atoms with E-state index in [1.54, 1.807) is 0 Å². The average Bonchev–Trinajstić information content (AvgIpc) is 2.12. The topological polar surface area (TPSA) is 87.2 Å². The Morgan fingerprint density at radius 1 is 1.33 bits per heavy atom. The molecule has 0 bridgehead atoms. The zero-order valence-electron chi connectivity index (χ0n) is 9.00. The molecule has 0 aromatic carbocycles. The third kappa shape index (κ3) is 4.56. The van der Waals surface area contributed by atoms with Gasteiger partial charge in [-0.3, -0.25) is 4.79 Å². The van der Waals surface area contributed by atoms with Crippen LogP contribution in [-0.4, -0.2) is 69.0 Å². The van der Waals surface area contributed by atoms with E-state index in [4.69, 9.17) is 9.84 Å². The molecule has 0 rings (SSSR count). The van der Waals surface area contributed by atoms with Crippen LogP contribution >= 0.6 is 0 Å². The van der Waals surface area contributed by atoms with Crippen molar-refractivity contribution >= 4 is 16.2 Å². The minimum atomic E-state index is -3.70. The fraction of sp³-hybridized carbons (Fsp3) is 0.857.